The topological polar surface area (TPSA) is 21.3 Å². The van der Waals surface area contributed by atoms with Crippen LogP contribution in [-0.2, 0) is 11.2 Å². The molecule has 2 nitrogen and oxygen atoms in total. The highest BCUT2D eigenvalue weighted by Gasteiger charge is 2.32. The molecule has 0 radical (unpaired) electrons. The maximum atomic E-state index is 6.11. The van der Waals surface area contributed by atoms with Crippen LogP contribution < -0.4 is 5.32 Å². The highest BCUT2D eigenvalue weighted by atomic mass is 16.5. The Balaban J connectivity index is 2.91. The first-order valence-electron chi connectivity index (χ1n) is 8.29. The summed E-state index contributed by atoms with van der Waals surface area (Å²) in [6.45, 7) is 15.1. The van der Waals surface area contributed by atoms with E-state index in [9.17, 15) is 0 Å². The Morgan fingerprint density at radius 2 is 1.90 bits per heavy atom. The number of aryl methyl sites for hydroxylation is 1. The number of rotatable bonds is 8. The summed E-state index contributed by atoms with van der Waals surface area (Å²) in [5.74, 6) is 0. The van der Waals surface area contributed by atoms with E-state index in [4.69, 9.17) is 4.74 Å². The second kappa shape index (κ2) is 8.55. The fourth-order valence-electron chi connectivity index (χ4n) is 2.86. The van der Waals surface area contributed by atoms with Crippen LogP contribution in [-0.4, -0.2) is 25.3 Å². The van der Waals surface area contributed by atoms with Crippen LogP contribution in [0.2, 0.25) is 0 Å². The number of nitrogens with one attached hydrogen (secondary N) is 1. The molecule has 0 bridgehead atoms. The molecule has 21 heavy (non-hydrogen) atoms. The van der Waals surface area contributed by atoms with E-state index in [1.165, 1.54) is 11.1 Å². The van der Waals surface area contributed by atoms with Crippen molar-refractivity contribution in [3.63, 3.8) is 0 Å². The fraction of sp³-hybridized carbons (Fsp3) is 0.684. The molecule has 0 saturated heterocycles. The van der Waals surface area contributed by atoms with Gasteiger partial charge in [0.15, 0.2) is 0 Å². The van der Waals surface area contributed by atoms with Gasteiger partial charge >= 0.3 is 0 Å². The molecule has 0 fully saturated rings. The standard InChI is InChI=1S/C19H33NO/c1-7-12-20-17(18(21-8-2)19(4,5)6)14-16-11-9-10-15(3)13-16/h9-11,13,17-18,20H,7-8,12,14H2,1-6H3. The lowest BCUT2D eigenvalue weighted by Crippen LogP contribution is -2.49. The summed E-state index contributed by atoms with van der Waals surface area (Å²) < 4.78 is 6.11. The van der Waals surface area contributed by atoms with E-state index in [-0.39, 0.29) is 11.5 Å². The van der Waals surface area contributed by atoms with E-state index in [2.05, 4.69) is 71.1 Å². The Bertz CT molecular complexity index is 408. The summed E-state index contributed by atoms with van der Waals surface area (Å²) in [6.07, 6.45) is 2.38. The predicted molar refractivity (Wildman–Crippen MR) is 91.8 cm³/mol. The Morgan fingerprint density at radius 3 is 2.43 bits per heavy atom. The smallest absolute Gasteiger partial charge is 0.0779 e. The van der Waals surface area contributed by atoms with Crippen molar-refractivity contribution in [3.05, 3.63) is 35.4 Å². The summed E-state index contributed by atoms with van der Waals surface area (Å²) in [5.41, 5.74) is 2.84. The zero-order valence-corrected chi connectivity index (χ0v) is 14.7. The first kappa shape index (κ1) is 18.2. The molecule has 2 unspecified atom stereocenters. The fourth-order valence-corrected chi connectivity index (χ4v) is 2.86. The average molecular weight is 291 g/mol. The molecule has 0 aromatic heterocycles. The van der Waals surface area contributed by atoms with Gasteiger partial charge in [0.05, 0.1) is 6.10 Å². The molecule has 2 atom stereocenters. The maximum absolute atomic E-state index is 6.11. The van der Waals surface area contributed by atoms with Crippen molar-refractivity contribution < 1.29 is 4.74 Å². The molecule has 0 aliphatic carbocycles. The Morgan fingerprint density at radius 1 is 1.19 bits per heavy atom. The molecule has 0 spiro atoms. The molecular formula is C19H33NO. The van der Waals surface area contributed by atoms with Gasteiger partial charge in [-0.05, 0) is 44.2 Å². The van der Waals surface area contributed by atoms with Crippen LogP contribution in [0.3, 0.4) is 0 Å². The van der Waals surface area contributed by atoms with Crippen molar-refractivity contribution in [3.8, 4) is 0 Å². The van der Waals surface area contributed by atoms with Gasteiger partial charge < -0.3 is 10.1 Å². The Hall–Kier alpha value is -0.860. The zero-order valence-electron chi connectivity index (χ0n) is 14.7. The van der Waals surface area contributed by atoms with Crippen molar-refractivity contribution in [1.29, 1.82) is 0 Å². The SMILES string of the molecule is CCCNC(Cc1cccc(C)c1)C(OCC)C(C)(C)C. The van der Waals surface area contributed by atoms with Crippen molar-refractivity contribution in [2.75, 3.05) is 13.2 Å². The molecule has 1 N–H and O–H groups in total. The molecule has 1 aromatic carbocycles. The van der Waals surface area contributed by atoms with Crippen LogP contribution in [0.1, 0.15) is 52.2 Å². The summed E-state index contributed by atoms with van der Waals surface area (Å²) in [5, 5.41) is 3.70. The molecule has 0 aliphatic rings. The van der Waals surface area contributed by atoms with E-state index >= 15 is 0 Å². The summed E-state index contributed by atoms with van der Waals surface area (Å²) >= 11 is 0. The quantitative estimate of drug-likeness (QED) is 0.768. The third kappa shape index (κ3) is 6.19. The minimum Gasteiger partial charge on any atom is -0.376 e. The molecular weight excluding hydrogens is 258 g/mol. The number of ether oxygens (including phenoxy) is 1. The molecule has 1 rings (SSSR count). The lowest BCUT2D eigenvalue weighted by atomic mass is 9.82. The van der Waals surface area contributed by atoms with Crippen LogP contribution in [0.25, 0.3) is 0 Å². The van der Waals surface area contributed by atoms with Gasteiger partial charge in [-0.1, -0.05) is 57.5 Å². The lowest BCUT2D eigenvalue weighted by molar-refractivity contribution is -0.0355. The van der Waals surface area contributed by atoms with Crippen molar-refractivity contribution in [2.24, 2.45) is 5.41 Å². The van der Waals surface area contributed by atoms with Crippen LogP contribution in [0.4, 0.5) is 0 Å². The van der Waals surface area contributed by atoms with Gasteiger partial charge in [-0.25, -0.2) is 0 Å². The summed E-state index contributed by atoms with van der Waals surface area (Å²) in [4.78, 5) is 0. The van der Waals surface area contributed by atoms with Crippen LogP contribution >= 0.6 is 0 Å². The average Bonchev–Trinajstić information content (AvgIpc) is 2.40. The van der Waals surface area contributed by atoms with E-state index in [0.717, 1.165) is 26.0 Å². The van der Waals surface area contributed by atoms with Gasteiger partial charge in [0.2, 0.25) is 0 Å². The lowest BCUT2D eigenvalue weighted by Gasteiger charge is -2.37. The number of hydrogen-bond acceptors (Lipinski definition) is 2. The van der Waals surface area contributed by atoms with Gasteiger partial charge in [-0.15, -0.1) is 0 Å². The Labute approximate surface area is 131 Å². The van der Waals surface area contributed by atoms with E-state index in [1.54, 1.807) is 0 Å². The molecule has 0 saturated carbocycles. The first-order chi connectivity index (χ1) is 9.88. The van der Waals surface area contributed by atoms with Gasteiger partial charge in [0, 0.05) is 12.6 Å². The zero-order chi connectivity index (χ0) is 15.9. The van der Waals surface area contributed by atoms with E-state index in [1.807, 2.05) is 0 Å². The monoisotopic (exact) mass is 291 g/mol. The molecule has 120 valence electrons. The third-order valence-electron chi connectivity index (χ3n) is 3.76. The maximum Gasteiger partial charge on any atom is 0.0779 e. The minimum absolute atomic E-state index is 0.130. The predicted octanol–water partition coefficient (Wildman–Crippen LogP) is 4.36. The van der Waals surface area contributed by atoms with Crippen molar-refractivity contribution >= 4 is 0 Å². The van der Waals surface area contributed by atoms with Gasteiger partial charge in [0.25, 0.3) is 0 Å². The Kier molecular flexibility index (Phi) is 7.41. The van der Waals surface area contributed by atoms with Crippen molar-refractivity contribution in [2.45, 2.75) is 66.5 Å². The molecule has 0 aliphatic heterocycles. The molecule has 2 heteroatoms. The van der Waals surface area contributed by atoms with Crippen LogP contribution in [0, 0.1) is 12.3 Å². The van der Waals surface area contributed by atoms with Gasteiger partial charge in [-0.3, -0.25) is 0 Å². The van der Waals surface area contributed by atoms with Gasteiger partial charge in [-0.2, -0.15) is 0 Å². The highest BCUT2D eigenvalue weighted by molar-refractivity contribution is 5.23. The third-order valence-corrected chi connectivity index (χ3v) is 3.76. The second-order valence-electron chi connectivity index (χ2n) is 7.00. The number of benzene rings is 1. The van der Waals surface area contributed by atoms with Crippen LogP contribution in [0.15, 0.2) is 24.3 Å². The van der Waals surface area contributed by atoms with E-state index in [0.29, 0.717) is 6.04 Å². The van der Waals surface area contributed by atoms with Gasteiger partial charge in [0.1, 0.15) is 0 Å². The molecule has 0 heterocycles. The van der Waals surface area contributed by atoms with Crippen molar-refractivity contribution in [1.82, 2.24) is 5.32 Å². The molecule has 0 amide bonds. The van der Waals surface area contributed by atoms with E-state index < -0.39 is 0 Å². The summed E-state index contributed by atoms with van der Waals surface area (Å²) in [6, 6.07) is 9.16. The largest absolute Gasteiger partial charge is 0.376 e. The number of hydrogen-bond donors (Lipinski definition) is 1. The highest BCUT2D eigenvalue weighted by Crippen LogP contribution is 2.27. The summed E-state index contributed by atoms with van der Waals surface area (Å²) in [7, 11) is 0. The normalized spacial score (nSPS) is 15.0. The second-order valence-corrected chi connectivity index (χ2v) is 7.00. The molecule has 1 aromatic rings. The van der Waals surface area contributed by atoms with Crippen LogP contribution in [0.5, 0.6) is 0 Å². The minimum atomic E-state index is 0.130. The first-order valence-corrected chi connectivity index (χ1v) is 8.29.